The molecule has 17 heavy (non-hydrogen) atoms. The molecule has 0 aliphatic rings. The van der Waals surface area contributed by atoms with Crippen LogP contribution in [0.5, 0.6) is 0 Å². The van der Waals surface area contributed by atoms with Crippen molar-refractivity contribution in [2.45, 2.75) is 39.2 Å². The van der Waals surface area contributed by atoms with Crippen LogP contribution >= 0.6 is 11.6 Å². The molecule has 0 radical (unpaired) electrons. The number of nitrogens with one attached hydrogen (secondary N) is 1. The number of hydrogen-bond donors (Lipinski definition) is 1. The van der Waals surface area contributed by atoms with E-state index in [1.54, 1.807) is 0 Å². The number of pyridine rings is 1. The summed E-state index contributed by atoms with van der Waals surface area (Å²) in [5.74, 6) is 0.433. The molecule has 0 spiro atoms. The molecule has 94 valence electrons. The van der Waals surface area contributed by atoms with Gasteiger partial charge in [-0.1, -0.05) is 24.9 Å². The molecule has 0 amide bonds. The lowest BCUT2D eigenvalue weighted by molar-refractivity contribution is -0.384. The molecule has 6 heteroatoms. The Balaban J connectivity index is 2.95. The van der Waals surface area contributed by atoms with E-state index in [0.717, 1.165) is 12.8 Å². The van der Waals surface area contributed by atoms with Crippen LogP contribution in [0.3, 0.4) is 0 Å². The van der Waals surface area contributed by atoms with Crippen molar-refractivity contribution in [3.63, 3.8) is 0 Å². The van der Waals surface area contributed by atoms with Crippen molar-refractivity contribution in [2.24, 2.45) is 0 Å². The molecule has 1 N–H and O–H groups in total. The molecule has 0 bridgehead atoms. The highest BCUT2D eigenvalue weighted by Crippen LogP contribution is 2.24. The fraction of sp³-hybridized carbons (Fsp3) is 0.545. The Kier molecular flexibility index (Phi) is 4.28. The second-order valence-electron chi connectivity index (χ2n) is 4.55. The van der Waals surface area contributed by atoms with Crippen LogP contribution < -0.4 is 5.32 Å². The fourth-order valence-corrected chi connectivity index (χ4v) is 1.89. The molecule has 0 aromatic carbocycles. The second-order valence-corrected chi connectivity index (χ2v) is 4.94. The maximum Gasteiger partial charge on any atom is 0.276 e. The number of halogens is 1. The topological polar surface area (TPSA) is 68.1 Å². The normalized spacial score (nSPS) is 11.3. The smallest absolute Gasteiger partial charge is 0.276 e. The predicted octanol–water partition coefficient (Wildman–Crippen LogP) is 3.63. The Morgan fingerprint density at radius 1 is 1.53 bits per heavy atom. The van der Waals surface area contributed by atoms with Gasteiger partial charge in [-0.25, -0.2) is 4.98 Å². The van der Waals surface area contributed by atoms with E-state index in [9.17, 15) is 10.1 Å². The van der Waals surface area contributed by atoms with E-state index in [0.29, 0.717) is 5.82 Å². The first-order chi connectivity index (χ1) is 7.84. The Labute approximate surface area is 105 Å². The summed E-state index contributed by atoms with van der Waals surface area (Å²) in [6.45, 7) is 6.12. The lowest BCUT2D eigenvalue weighted by Crippen LogP contribution is -2.30. The van der Waals surface area contributed by atoms with Crippen LogP contribution in [0.2, 0.25) is 5.15 Å². The molecule has 0 saturated heterocycles. The molecule has 1 aromatic rings. The quantitative estimate of drug-likeness (QED) is 0.497. The van der Waals surface area contributed by atoms with Gasteiger partial charge < -0.3 is 5.32 Å². The average Bonchev–Trinajstić information content (AvgIpc) is 2.15. The van der Waals surface area contributed by atoms with E-state index in [2.05, 4.69) is 17.2 Å². The van der Waals surface area contributed by atoms with Crippen molar-refractivity contribution in [1.29, 1.82) is 0 Å². The Bertz CT molecular complexity index is 421. The number of nitro groups is 1. The van der Waals surface area contributed by atoms with Crippen LogP contribution in [0.15, 0.2) is 12.1 Å². The molecule has 1 aromatic heterocycles. The zero-order chi connectivity index (χ0) is 13.1. The molecule has 0 fully saturated rings. The van der Waals surface area contributed by atoms with E-state index in [-0.39, 0.29) is 16.4 Å². The van der Waals surface area contributed by atoms with Crippen LogP contribution in [-0.2, 0) is 0 Å². The summed E-state index contributed by atoms with van der Waals surface area (Å²) in [5, 5.41) is 14.0. The van der Waals surface area contributed by atoms with Gasteiger partial charge in [0.05, 0.1) is 17.1 Å². The van der Waals surface area contributed by atoms with Gasteiger partial charge >= 0.3 is 0 Å². The third-order valence-electron chi connectivity index (χ3n) is 2.33. The first kappa shape index (κ1) is 13.7. The lowest BCUT2D eigenvalue weighted by Gasteiger charge is -2.26. The van der Waals surface area contributed by atoms with Crippen LogP contribution in [0.4, 0.5) is 11.5 Å². The van der Waals surface area contributed by atoms with Gasteiger partial charge in [0.25, 0.3) is 5.69 Å². The van der Waals surface area contributed by atoms with Crippen molar-refractivity contribution >= 4 is 23.1 Å². The zero-order valence-electron chi connectivity index (χ0n) is 10.2. The van der Waals surface area contributed by atoms with Gasteiger partial charge in [-0.2, -0.15) is 0 Å². The number of hydrogen-bond acceptors (Lipinski definition) is 4. The predicted molar refractivity (Wildman–Crippen MR) is 68.5 cm³/mol. The SMILES string of the molecule is CCCC(C)(C)Nc1cc([N+](=O)[O-])cc(Cl)n1. The average molecular weight is 258 g/mol. The van der Waals surface area contributed by atoms with Gasteiger partial charge in [-0.3, -0.25) is 10.1 Å². The standard InChI is InChI=1S/C11H16ClN3O2/c1-4-5-11(2,3)14-10-7-8(15(16)17)6-9(12)13-10/h6-7H,4-5H2,1-3H3,(H,13,14). The molecular formula is C11H16ClN3O2. The van der Waals surface area contributed by atoms with Gasteiger partial charge in [-0.05, 0) is 20.3 Å². The van der Waals surface area contributed by atoms with Crippen LogP contribution in [-0.4, -0.2) is 15.4 Å². The van der Waals surface area contributed by atoms with Crippen LogP contribution in [0, 0.1) is 10.1 Å². The Morgan fingerprint density at radius 3 is 2.71 bits per heavy atom. The molecule has 0 aliphatic carbocycles. The molecular weight excluding hydrogens is 242 g/mol. The molecule has 0 saturated carbocycles. The minimum Gasteiger partial charge on any atom is -0.365 e. The van der Waals surface area contributed by atoms with Crippen molar-refractivity contribution in [3.05, 3.63) is 27.4 Å². The first-order valence-electron chi connectivity index (χ1n) is 5.44. The highest BCUT2D eigenvalue weighted by molar-refractivity contribution is 6.29. The molecule has 0 atom stereocenters. The van der Waals surface area contributed by atoms with Gasteiger partial charge in [0, 0.05) is 5.54 Å². The maximum absolute atomic E-state index is 10.7. The molecule has 0 aliphatic heterocycles. The van der Waals surface area contributed by atoms with Crippen LogP contribution in [0.25, 0.3) is 0 Å². The monoisotopic (exact) mass is 257 g/mol. The lowest BCUT2D eigenvalue weighted by atomic mass is 9.99. The van der Waals surface area contributed by atoms with Gasteiger partial charge in [0.2, 0.25) is 0 Å². The van der Waals surface area contributed by atoms with Crippen molar-refractivity contribution in [3.8, 4) is 0 Å². The van der Waals surface area contributed by atoms with E-state index in [1.165, 1.54) is 12.1 Å². The fourth-order valence-electron chi connectivity index (χ4n) is 1.69. The highest BCUT2D eigenvalue weighted by Gasteiger charge is 2.18. The molecule has 5 nitrogen and oxygen atoms in total. The van der Waals surface area contributed by atoms with Crippen molar-refractivity contribution < 1.29 is 4.92 Å². The van der Waals surface area contributed by atoms with E-state index >= 15 is 0 Å². The second kappa shape index (κ2) is 5.31. The van der Waals surface area contributed by atoms with Gasteiger partial charge in [-0.15, -0.1) is 0 Å². The number of nitrogens with zero attached hydrogens (tertiary/aromatic N) is 2. The van der Waals surface area contributed by atoms with Crippen LogP contribution in [0.1, 0.15) is 33.6 Å². The summed E-state index contributed by atoms with van der Waals surface area (Å²) >= 11 is 5.74. The summed E-state index contributed by atoms with van der Waals surface area (Å²) in [6.07, 6.45) is 1.96. The number of rotatable bonds is 5. The summed E-state index contributed by atoms with van der Waals surface area (Å²) < 4.78 is 0. The molecule has 0 unspecified atom stereocenters. The van der Waals surface area contributed by atoms with E-state index < -0.39 is 4.92 Å². The largest absolute Gasteiger partial charge is 0.365 e. The summed E-state index contributed by atoms with van der Waals surface area (Å²) in [4.78, 5) is 14.2. The molecule has 1 rings (SSSR count). The summed E-state index contributed by atoms with van der Waals surface area (Å²) in [7, 11) is 0. The minimum absolute atomic E-state index is 0.0557. The Hall–Kier alpha value is -1.36. The van der Waals surface area contributed by atoms with Crippen molar-refractivity contribution in [1.82, 2.24) is 4.98 Å². The van der Waals surface area contributed by atoms with E-state index in [4.69, 9.17) is 11.6 Å². The molecule has 1 heterocycles. The number of aromatic nitrogens is 1. The minimum atomic E-state index is -0.481. The summed E-state index contributed by atoms with van der Waals surface area (Å²) in [5.41, 5.74) is -0.222. The van der Waals surface area contributed by atoms with Gasteiger partial charge in [0.15, 0.2) is 0 Å². The van der Waals surface area contributed by atoms with Gasteiger partial charge in [0.1, 0.15) is 11.0 Å². The van der Waals surface area contributed by atoms with Crippen molar-refractivity contribution in [2.75, 3.05) is 5.32 Å². The summed E-state index contributed by atoms with van der Waals surface area (Å²) in [6, 6.07) is 2.63. The third-order valence-corrected chi connectivity index (χ3v) is 2.52. The first-order valence-corrected chi connectivity index (χ1v) is 5.82. The Morgan fingerprint density at radius 2 is 2.18 bits per heavy atom. The maximum atomic E-state index is 10.7. The van der Waals surface area contributed by atoms with E-state index in [1.807, 2.05) is 13.8 Å². The third kappa shape index (κ3) is 4.19. The zero-order valence-corrected chi connectivity index (χ0v) is 10.9. The highest BCUT2D eigenvalue weighted by atomic mass is 35.5. The number of anilines is 1.